The Balaban J connectivity index is 1.16. The summed E-state index contributed by atoms with van der Waals surface area (Å²) in [6, 6.07) is 30.3. The van der Waals surface area contributed by atoms with Crippen LogP contribution in [0.5, 0.6) is 0 Å². The number of benzene rings is 4. The Hall–Kier alpha value is -3.98. The summed E-state index contributed by atoms with van der Waals surface area (Å²) in [6.07, 6.45) is 1.06. The average Bonchev–Trinajstić information content (AvgIpc) is 3.46. The first-order valence-corrected chi connectivity index (χ1v) is 14.6. The molecular formula is C33H34ClN5O2S. The minimum absolute atomic E-state index is 0.190. The minimum Gasteiger partial charge on any atom is -0.369 e. The highest BCUT2D eigenvalue weighted by Gasteiger charge is 2.27. The van der Waals surface area contributed by atoms with Crippen LogP contribution in [0, 0.1) is 6.92 Å². The predicted molar refractivity (Wildman–Crippen MR) is 176 cm³/mol. The van der Waals surface area contributed by atoms with Gasteiger partial charge in [-0.3, -0.25) is 9.69 Å². The number of hydrogen-bond acceptors (Lipinski definition) is 5. The van der Waals surface area contributed by atoms with Crippen LogP contribution in [-0.4, -0.2) is 43.0 Å². The van der Waals surface area contributed by atoms with Gasteiger partial charge in [-0.25, -0.2) is 9.10 Å². The van der Waals surface area contributed by atoms with Gasteiger partial charge >= 0.3 is 6.03 Å². The third-order valence-electron chi connectivity index (χ3n) is 7.57. The second-order valence-electron chi connectivity index (χ2n) is 10.5. The number of aryl methyl sites for hydroxylation is 1. The summed E-state index contributed by atoms with van der Waals surface area (Å²) in [5.74, 6) is -0.190. The predicted octanol–water partition coefficient (Wildman–Crippen LogP) is 7.49. The third-order valence-corrected chi connectivity index (χ3v) is 8.29. The molecule has 0 aromatic heterocycles. The highest BCUT2D eigenvalue weighted by atomic mass is 35.5. The number of halogens is 1. The van der Waals surface area contributed by atoms with Crippen molar-refractivity contribution in [2.45, 2.75) is 25.9 Å². The lowest BCUT2D eigenvalue weighted by molar-refractivity contribution is 0.102. The monoisotopic (exact) mass is 599 g/mol. The number of likely N-dealkylation sites (tertiary alicyclic amines) is 1. The smallest absolute Gasteiger partial charge is 0.336 e. The van der Waals surface area contributed by atoms with Crippen molar-refractivity contribution in [3.8, 4) is 0 Å². The van der Waals surface area contributed by atoms with E-state index in [0.29, 0.717) is 33.7 Å². The van der Waals surface area contributed by atoms with Gasteiger partial charge in [-0.2, -0.15) is 0 Å². The number of amides is 3. The summed E-state index contributed by atoms with van der Waals surface area (Å²) >= 11 is 11.1. The number of thiol groups is 1. The van der Waals surface area contributed by atoms with E-state index in [-0.39, 0.29) is 5.91 Å². The number of anilines is 4. The molecule has 216 valence electrons. The summed E-state index contributed by atoms with van der Waals surface area (Å²) < 4.78 is 1.21. The average molecular weight is 600 g/mol. The van der Waals surface area contributed by atoms with Crippen LogP contribution in [0.2, 0.25) is 5.02 Å². The lowest BCUT2D eigenvalue weighted by Crippen LogP contribution is -2.34. The van der Waals surface area contributed by atoms with Crippen LogP contribution in [0.15, 0.2) is 97.1 Å². The van der Waals surface area contributed by atoms with Crippen molar-refractivity contribution in [1.29, 1.82) is 0 Å². The minimum atomic E-state index is -0.431. The maximum Gasteiger partial charge on any atom is 0.336 e. The van der Waals surface area contributed by atoms with Crippen LogP contribution >= 0.6 is 24.4 Å². The van der Waals surface area contributed by atoms with E-state index in [9.17, 15) is 9.59 Å². The van der Waals surface area contributed by atoms with Gasteiger partial charge < -0.3 is 15.5 Å². The number of nitrogens with one attached hydrogen (secondary N) is 2. The van der Waals surface area contributed by atoms with Gasteiger partial charge in [-0.05, 0) is 73.0 Å². The lowest BCUT2D eigenvalue weighted by atomic mass is 10.1. The Labute approximate surface area is 257 Å². The second kappa shape index (κ2) is 13.3. The van der Waals surface area contributed by atoms with Crippen LogP contribution in [0.4, 0.5) is 27.5 Å². The summed E-state index contributed by atoms with van der Waals surface area (Å²) in [5.41, 5.74) is 5.49. The Bertz CT molecular complexity index is 1550. The van der Waals surface area contributed by atoms with Gasteiger partial charge in [0.1, 0.15) is 0 Å². The van der Waals surface area contributed by atoms with Crippen LogP contribution in [0.3, 0.4) is 0 Å². The van der Waals surface area contributed by atoms with Gasteiger partial charge in [-0.15, -0.1) is 0 Å². The number of nitrogens with zero attached hydrogens (tertiary/aromatic N) is 3. The molecule has 1 unspecified atom stereocenters. The molecule has 0 saturated carbocycles. The molecule has 1 fully saturated rings. The third kappa shape index (κ3) is 7.07. The molecule has 0 spiro atoms. The number of hydrogen-bond donors (Lipinski definition) is 3. The van der Waals surface area contributed by atoms with Crippen LogP contribution in [0.1, 0.15) is 27.9 Å². The Morgan fingerprint density at radius 2 is 1.62 bits per heavy atom. The van der Waals surface area contributed by atoms with E-state index >= 15 is 0 Å². The summed E-state index contributed by atoms with van der Waals surface area (Å²) in [6.45, 7) is 4.83. The van der Waals surface area contributed by atoms with E-state index in [2.05, 4.69) is 64.6 Å². The van der Waals surface area contributed by atoms with Crippen molar-refractivity contribution in [2.24, 2.45) is 0 Å². The molecule has 2 N–H and O–H groups in total. The summed E-state index contributed by atoms with van der Waals surface area (Å²) in [4.78, 5) is 30.2. The molecule has 7 nitrogen and oxygen atoms in total. The Kier molecular flexibility index (Phi) is 9.37. The van der Waals surface area contributed by atoms with Gasteiger partial charge in [0.15, 0.2) is 0 Å². The van der Waals surface area contributed by atoms with Crippen LogP contribution in [-0.2, 0) is 6.54 Å². The molecule has 4 aromatic carbocycles. The SMILES string of the molecule is Cc1ccccc1C(=O)Nc1ccc(N(S)C(=O)Nc2ccc(N(C)C3CCN(Cc4ccccc4)C3)c(Cl)c2)cc1. The van der Waals surface area contributed by atoms with E-state index in [1.54, 1.807) is 36.4 Å². The number of likely N-dealkylation sites (N-methyl/N-ethyl adjacent to an activating group) is 1. The zero-order valence-electron chi connectivity index (χ0n) is 23.6. The first-order chi connectivity index (χ1) is 20.3. The van der Waals surface area contributed by atoms with Crippen molar-refractivity contribution in [3.63, 3.8) is 0 Å². The van der Waals surface area contributed by atoms with Crippen LogP contribution in [0.25, 0.3) is 0 Å². The van der Waals surface area contributed by atoms with Crippen molar-refractivity contribution >= 4 is 59.1 Å². The molecule has 1 aliphatic heterocycles. The standard InChI is InChI=1S/C33H34ClN5O2S/c1-23-8-6-7-11-29(23)32(40)35-25-12-15-27(16-13-25)39(42)33(41)36-26-14-17-31(30(34)20-26)37(2)28-18-19-38(22-28)21-24-9-4-3-5-10-24/h3-17,20,28,42H,18-19,21-22H2,1-2H3,(H,35,40)(H,36,41). The molecule has 1 saturated heterocycles. The fourth-order valence-corrected chi connectivity index (χ4v) is 5.68. The van der Waals surface area contributed by atoms with E-state index in [1.807, 2.05) is 43.3 Å². The van der Waals surface area contributed by atoms with E-state index in [1.165, 1.54) is 9.87 Å². The lowest BCUT2D eigenvalue weighted by Gasteiger charge is -2.28. The second-order valence-corrected chi connectivity index (χ2v) is 11.3. The van der Waals surface area contributed by atoms with E-state index in [0.717, 1.165) is 37.3 Å². The molecule has 1 heterocycles. The van der Waals surface area contributed by atoms with Gasteiger partial charge in [0.25, 0.3) is 5.91 Å². The van der Waals surface area contributed by atoms with Crippen LogP contribution < -0.4 is 19.8 Å². The Morgan fingerprint density at radius 3 is 2.33 bits per heavy atom. The first-order valence-electron chi connectivity index (χ1n) is 13.8. The van der Waals surface area contributed by atoms with Gasteiger partial charge in [0.05, 0.1) is 16.4 Å². The zero-order chi connectivity index (χ0) is 29.6. The number of carbonyl (C=O) groups is 2. The molecule has 1 atom stereocenters. The fourth-order valence-electron chi connectivity index (χ4n) is 5.19. The summed E-state index contributed by atoms with van der Waals surface area (Å²) in [5, 5.41) is 6.31. The van der Waals surface area contributed by atoms with Crippen molar-refractivity contribution < 1.29 is 9.59 Å². The molecular weight excluding hydrogens is 566 g/mol. The molecule has 0 aliphatic carbocycles. The Morgan fingerprint density at radius 1 is 0.929 bits per heavy atom. The number of carbonyl (C=O) groups excluding carboxylic acids is 2. The van der Waals surface area contributed by atoms with Gasteiger partial charge in [-0.1, -0.05) is 72.9 Å². The molecule has 9 heteroatoms. The quantitative estimate of drug-likeness (QED) is 0.184. The van der Waals surface area contributed by atoms with Gasteiger partial charge in [0, 0.05) is 49.7 Å². The van der Waals surface area contributed by atoms with Crippen molar-refractivity contribution in [2.75, 3.05) is 40.0 Å². The molecule has 4 aromatic rings. The normalized spacial score (nSPS) is 14.8. The highest BCUT2D eigenvalue weighted by Crippen LogP contribution is 2.32. The first kappa shape index (κ1) is 29.5. The number of rotatable bonds is 8. The molecule has 3 amide bonds. The fraction of sp³-hybridized carbons (Fsp3) is 0.212. The molecule has 0 bridgehead atoms. The van der Waals surface area contributed by atoms with Crippen molar-refractivity contribution in [3.05, 3.63) is 119 Å². The molecule has 42 heavy (non-hydrogen) atoms. The van der Waals surface area contributed by atoms with E-state index < -0.39 is 6.03 Å². The summed E-state index contributed by atoms with van der Waals surface area (Å²) in [7, 11) is 2.07. The van der Waals surface area contributed by atoms with E-state index in [4.69, 9.17) is 11.6 Å². The number of urea groups is 1. The highest BCUT2D eigenvalue weighted by molar-refractivity contribution is 7.82. The molecule has 5 rings (SSSR count). The van der Waals surface area contributed by atoms with Crippen molar-refractivity contribution in [1.82, 2.24) is 4.90 Å². The maximum absolute atomic E-state index is 12.9. The topological polar surface area (TPSA) is 67.9 Å². The maximum atomic E-state index is 12.9. The largest absolute Gasteiger partial charge is 0.369 e. The van der Waals surface area contributed by atoms with Gasteiger partial charge in [0.2, 0.25) is 0 Å². The molecule has 0 radical (unpaired) electrons. The molecule has 1 aliphatic rings. The zero-order valence-corrected chi connectivity index (χ0v) is 25.3.